The molecule has 176 valence electrons. The number of esters is 1. The summed E-state index contributed by atoms with van der Waals surface area (Å²) in [4.78, 5) is 14.3. The van der Waals surface area contributed by atoms with Crippen molar-refractivity contribution in [3.63, 3.8) is 0 Å². The molecular formula is C29H43NO2. The Bertz CT molecular complexity index is 836. The standard InChI is InChI=1S/C29H43NO2/c1-23(2)13-10-14-24(3)15-11-16-25(4)17-12-18-26(5)21-22-32-29(31)27-19-8-9-20-28(27)30(6)7/h8-9,13,15,17,19-21H,10-12,14,16,18,22H2,1-7H3. The summed E-state index contributed by atoms with van der Waals surface area (Å²) in [6.45, 7) is 11.2. The highest BCUT2D eigenvalue weighted by molar-refractivity contribution is 5.95. The van der Waals surface area contributed by atoms with Crippen LogP contribution in [0.25, 0.3) is 0 Å². The minimum absolute atomic E-state index is 0.279. The first-order chi connectivity index (χ1) is 15.2. The van der Waals surface area contributed by atoms with E-state index in [0.29, 0.717) is 12.2 Å². The number of carbonyl (C=O) groups excluding carboxylic acids is 1. The SMILES string of the molecule is CC(C)=CCCC(C)=CCCC(C)=CCCC(C)=CCOC(=O)c1ccccc1N(C)C. The lowest BCUT2D eigenvalue weighted by molar-refractivity contribution is 0.0549. The quantitative estimate of drug-likeness (QED) is 0.231. The summed E-state index contributed by atoms with van der Waals surface area (Å²) in [5.74, 6) is -0.279. The number of rotatable bonds is 13. The highest BCUT2D eigenvalue weighted by atomic mass is 16.5. The van der Waals surface area contributed by atoms with Gasteiger partial charge in [-0.3, -0.25) is 0 Å². The van der Waals surface area contributed by atoms with Crippen LogP contribution in [0, 0.1) is 0 Å². The van der Waals surface area contributed by atoms with Gasteiger partial charge < -0.3 is 9.64 Å². The molecule has 1 aromatic rings. The summed E-state index contributed by atoms with van der Waals surface area (Å²) >= 11 is 0. The lowest BCUT2D eigenvalue weighted by atomic mass is 10.0. The molecule has 1 aromatic carbocycles. The van der Waals surface area contributed by atoms with Crippen LogP contribution >= 0.6 is 0 Å². The van der Waals surface area contributed by atoms with Gasteiger partial charge in [0.05, 0.1) is 11.3 Å². The molecule has 0 atom stereocenters. The van der Waals surface area contributed by atoms with Gasteiger partial charge in [0, 0.05) is 14.1 Å². The first-order valence-corrected chi connectivity index (χ1v) is 11.7. The largest absolute Gasteiger partial charge is 0.458 e. The zero-order valence-electron chi connectivity index (χ0n) is 21.3. The van der Waals surface area contributed by atoms with E-state index in [2.05, 4.69) is 52.8 Å². The van der Waals surface area contributed by atoms with E-state index in [9.17, 15) is 4.79 Å². The number of benzene rings is 1. The van der Waals surface area contributed by atoms with Crippen molar-refractivity contribution in [2.24, 2.45) is 0 Å². The van der Waals surface area contributed by atoms with E-state index in [-0.39, 0.29) is 5.97 Å². The summed E-state index contributed by atoms with van der Waals surface area (Å²) in [6, 6.07) is 7.52. The van der Waals surface area contributed by atoms with Crippen molar-refractivity contribution < 1.29 is 9.53 Å². The molecule has 0 aliphatic rings. The van der Waals surface area contributed by atoms with Crippen LogP contribution in [0.4, 0.5) is 5.69 Å². The molecule has 0 spiro atoms. The van der Waals surface area contributed by atoms with Crippen LogP contribution in [0.2, 0.25) is 0 Å². The molecule has 1 rings (SSSR count). The molecule has 0 bridgehead atoms. The summed E-state index contributed by atoms with van der Waals surface area (Å²) in [5.41, 5.74) is 7.04. The van der Waals surface area contributed by atoms with Gasteiger partial charge in [-0.05, 0) is 91.4 Å². The summed E-state index contributed by atoms with van der Waals surface area (Å²) in [6.07, 6.45) is 15.6. The lowest BCUT2D eigenvalue weighted by Gasteiger charge is -2.16. The number of hydrogen-bond donors (Lipinski definition) is 0. The number of nitrogens with zero attached hydrogens (tertiary/aromatic N) is 1. The third kappa shape index (κ3) is 11.7. The van der Waals surface area contributed by atoms with Crippen LogP contribution in [0.5, 0.6) is 0 Å². The Labute approximate surface area is 196 Å². The molecule has 3 heteroatoms. The van der Waals surface area contributed by atoms with Gasteiger partial charge in [-0.2, -0.15) is 0 Å². The fraction of sp³-hybridized carbons (Fsp3) is 0.483. The second-order valence-electron chi connectivity index (χ2n) is 9.06. The normalized spacial score (nSPS) is 12.5. The molecule has 0 saturated carbocycles. The second-order valence-corrected chi connectivity index (χ2v) is 9.06. The van der Waals surface area contributed by atoms with Gasteiger partial charge in [-0.15, -0.1) is 0 Å². The Morgan fingerprint density at radius 2 is 1.28 bits per heavy atom. The van der Waals surface area contributed by atoms with Crippen molar-refractivity contribution in [3.05, 3.63) is 76.4 Å². The summed E-state index contributed by atoms with van der Waals surface area (Å²) < 4.78 is 5.47. The molecule has 0 radical (unpaired) electrons. The summed E-state index contributed by atoms with van der Waals surface area (Å²) in [5, 5.41) is 0. The monoisotopic (exact) mass is 437 g/mol. The van der Waals surface area contributed by atoms with Crippen molar-refractivity contribution >= 4 is 11.7 Å². The third-order valence-corrected chi connectivity index (χ3v) is 5.41. The molecule has 0 unspecified atom stereocenters. The van der Waals surface area contributed by atoms with Gasteiger partial charge in [-0.25, -0.2) is 4.79 Å². The highest BCUT2D eigenvalue weighted by Gasteiger charge is 2.12. The Morgan fingerprint density at radius 1 is 0.781 bits per heavy atom. The lowest BCUT2D eigenvalue weighted by Crippen LogP contribution is -2.15. The van der Waals surface area contributed by atoms with Crippen molar-refractivity contribution in [2.45, 2.75) is 73.1 Å². The van der Waals surface area contributed by atoms with E-state index in [1.54, 1.807) is 0 Å². The first-order valence-electron chi connectivity index (χ1n) is 11.7. The third-order valence-electron chi connectivity index (χ3n) is 5.41. The van der Waals surface area contributed by atoms with Crippen LogP contribution in [0.15, 0.2) is 70.9 Å². The van der Waals surface area contributed by atoms with Crippen LogP contribution < -0.4 is 4.90 Å². The summed E-state index contributed by atoms with van der Waals surface area (Å²) in [7, 11) is 3.85. The predicted molar refractivity (Wildman–Crippen MR) is 139 cm³/mol. The van der Waals surface area contributed by atoms with Crippen molar-refractivity contribution in [1.29, 1.82) is 0 Å². The first kappa shape index (κ1) is 27.5. The van der Waals surface area contributed by atoms with Crippen LogP contribution in [0.1, 0.15) is 83.5 Å². The predicted octanol–water partition coefficient (Wildman–Crippen LogP) is 8.06. The van der Waals surface area contributed by atoms with E-state index in [0.717, 1.165) is 44.2 Å². The number of ether oxygens (including phenoxy) is 1. The zero-order valence-corrected chi connectivity index (χ0v) is 21.3. The van der Waals surface area contributed by atoms with Crippen molar-refractivity contribution in [1.82, 2.24) is 0 Å². The highest BCUT2D eigenvalue weighted by Crippen LogP contribution is 2.19. The van der Waals surface area contributed by atoms with Gasteiger partial charge in [0.25, 0.3) is 0 Å². The number of para-hydroxylation sites is 1. The van der Waals surface area contributed by atoms with Crippen LogP contribution in [-0.4, -0.2) is 26.7 Å². The number of anilines is 1. The minimum Gasteiger partial charge on any atom is -0.458 e. The Morgan fingerprint density at radius 3 is 1.81 bits per heavy atom. The molecule has 0 heterocycles. The molecule has 0 amide bonds. The average Bonchev–Trinajstić information content (AvgIpc) is 2.73. The van der Waals surface area contributed by atoms with Crippen LogP contribution in [0.3, 0.4) is 0 Å². The topological polar surface area (TPSA) is 29.5 Å². The maximum Gasteiger partial charge on any atom is 0.340 e. The number of hydrogen-bond acceptors (Lipinski definition) is 3. The maximum atomic E-state index is 12.4. The Kier molecular flexibility index (Phi) is 13.1. The average molecular weight is 438 g/mol. The number of carbonyl (C=O) groups is 1. The molecule has 0 aliphatic carbocycles. The van der Waals surface area contributed by atoms with Gasteiger partial charge in [0.15, 0.2) is 0 Å². The number of allylic oxidation sites excluding steroid dienone is 7. The van der Waals surface area contributed by atoms with E-state index in [1.807, 2.05) is 49.3 Å². The molecule has 3 nitrogen and oxygen atoms in total. The van der Waals surface area contributed by atoms with Gasteiger partial charge in [0.1, 0.15) is 6.61 Å². The maximum absolute atomic E-state index is 12.4. The fourth-order valence-corrected chi connectivity index (χ4v) is 3.36. The Balaban J connectivity index is 2.36. The van der Waals surface area contributed by atoms with E-state index < -0.39 is 0 Å². The van der Waals surface area contributed by atoms with Gasteiger partial charge in [-0.1, -0.05) is 52.7 Å². The van der Waals surface area contributed by atoms with Gasteiger partial charge >= 0.3 is 5.97 Å². The van der Waals surface area contributed by atoms with E-state index >= 15 is 0 Å². The van der Waals surface area contributed by atoms with E-state index in [4.69, 9.17) is 4.74 Å². The minimum atomic E-state index is -0.279. The molecule has 32 heavy (non-hydrogen) atoms. The molecular weight excluding hydrogens is 394 g/mol. The van der Waals surface area contributed by atoms with E-state index in [1.165, 1.54) is 22.3 Å². The molecule has 0 aromatic heterocycles. The molecule has 0 fully saturated rings. The molecule has 0 N–H and O–H groups in total. The van der Waals surface area contributed by atoms with Gasteiger partial charge in [0.2, 0.25) is 0 Å². The fourth-order valence-electron chi connectivity index (χ4n) is 3.36. The van der Waals surface area contributed by atoms with Crippen molar-refractivity contribution in [2.75, 3.05) is 25.6 Å². The molecule has 0 saturated heterocycles. The smallest absolute Gasteiger partial charge is 0.340 e. The second kappa shape index (κ2) is 15.3. The zero-order chi connectivity index (χ0) is 23.9. The van der Waals surface area contributed by atoms with Crippen molar-refractivity contribution in [3.8, 4) is 0 Å². The Hall–Kier alpha value is -2.55. The van der Waals surface area contributed by atoms with Crippen LogP contribution in [-0.2, 0) is 4.74 Å². The molecule has 0 aliphatic heterocycles.